The maximum absolute atomic E-state index is 10.8. The van der Waals surface area contributed by atoms with E-state index in [0.29, 0.717) is 30.3 Å². The number of hydrogen-bond donors (Lipinski definition) is 1. The minimum absolute atomic E-state index is 0.0270. The first kappa shape index (κ1) is 19.6. The van der Waals surface area contributed by atoms with Crippen LogP contribution in [0.25, 0.3) is 0 Å². The topological polar surface area (TPSA) is 95.7 Å². The molecule has 1 aliphatic rings. The largest absolute Gasteiger partial charge is 0.488 e. The molecule has 2 heterocycles. The Labute approximate surface area is 164 Å². The number of nitrogens with zero attached hydrogens (tertiary/aromatic N) is 3. The van der Waals surface area contributed by atoms with Crippen molar-refractivity contribution in [3.63, 3.8) is 0 Å². The molecule has 1 aromatic carbocycles. The van der Waals surface area contributed by atoms with Gasteiger partial charge in [0, 0.05) is 19.6 Å². The van der Waals surface area contributed by atoms with Crippen molar-refractivity contribution in [2.75, 3.05) is 13.1 Å². The Morgan fingerprint density at radius 1 is 1.29 bits per heavy atom. The average molecular weight is 381 g/mol. The van der Waals surface area contributed by atoms with Crippen molar-refractivity contribution in [2.45, 2.75) is 33.1 Å². The monoisotopic (exact) mass is 381 g/mol. The number of carbonyl (C=O) groups is 1. The second kappa shape index (κ2) is 8.72. The number of rotatable bonds is 8. The number of ether oxygens (including phenoxy) is 2. The normalized spacial score (nSPS) is 14.4. The van der Waals surface area contributed by atoms with Crippen LogP contribution in [-0.4, -0.2) is 40.2 Å². The van der Waals surface area contributed by atoms with Gasteiger partial charge in [0.25, 0.3) is 0 Å². The van der Waals surface area contributed by atoms with Gasteiger partial charge in [0.1, 0.15) is 18.4 Å². The molecule has 1 N–H and O–H groups in total. The van der Waals surface area contributed by atoms with Crippen LogP contribution in [0.3, 0.4) is 0 Å². The van der Waals surface area contributed by atoms with Crippen LogP contribution in [0.5, 0.6) is 11.5 Å². The van der Waals surface area contributed by atoms with Gasteiger partial charge in [0.2, 0.25) is 0 Å². The highest BCUT2D eigenvalue weighted by atomic mass is 16.5. The van der Waals surface area contributed by atoms with Gasteiger partial charge in [-0.15, -0.1) is 0 Å². The van der Waals surface area contributed by atoms with E-state index in [1.165, 1.54) is 0 Å². The van der Waals surface area contributed by atoms with Crippen molar-refractivity contribution < 1.29 is 19.4 Å². The van der Waals surface area contributed by atoms with Gasteiger partial charge in [0.05, 0.1) is 17.7 Å². The predicted molar refractivity (Wildman–Crippen MR) is 102 cm³/mol. The standard InChI is InChI=1S/C21H23N3O4/c1-14(2)28-20-8-5-17(23-19(20)9-22)13-27-18-6-3-15(4-7-18)10-24-11-16(12-24)21(25)26/h3-8,14,16H,10-13H2,1-2H3,(H,25,26). The molecule has 0 bridgehead atoms. The molecule has 0 spiro atoms. The minimum Gasteiger partial charge on any atom is -0.488 e. The molecule has 1 aromatic heterocycles. The number of benzene rings is 1. The molecule has 0 saturated carbocycles. The molecular formula is C21H23N3O4. The Morgan fingerprint density at radius 3 is 2.61 bits per heavy atom. The lowest BCUT2D eigenvalue weighted by molar-refractivity contribution is -0.147. The quantitative estimate of drug-likeness (QED) is 0.751. The van der Waals surface area contributed by atoms with E-state index in [4.69, 9.17) is 14.6 Å². The van der Waals surface area contributed by atoms with E-state index >= 15 is 0 Å². The Hall–Kier alpha value is -3.11. The summed E-state index contributed by atoms with van der Waals surface area (Å²) in [5, 5.41) is 18.2. The maximum Gasteiger partial charge on any atom is 0.309 e. The first-order valence-electron chi connectivity index (χ1n) is 9.18. The molecule has 7 heteroatoms. The van der Waals surface area contributed by atoms with Crippen molar-refractivity contribution in [2.24, 2.45) is 5.92 Å². The van der Waals surface area contributed by atoms with E-state index in [1.54, 1.807) is 12.1 Å². The Morgan fingerprint density at radius 2 is 2.00 bits per heavy atom. The van der Waals surface area contributed by atoms with Crippen LogP contribution in [0.2, 0.25) is 0 Å². The summed E-state index contributed by atoms with van der Waals surface area (Å²) < 4.78 is 11.3. The van der Waals surface area contributed by atoms with Crippen molar-refractivity contribution in [3.8, 4) is 17.6 Å². The van der Waals surface area contributed by atoms with Crippen molar-refractivity contribution in [3.05, 3.63) is 53.3 Å². The SMILES string of the molecule is CC(C)Oc1ccc(COc2ccc(CN3CC(C(=O)O)C3)cc2)nc1C#N. The molecule has 1 saturated heterocycles. The highest BCUT2D eigenvalue weighted by molar-refractivity contribution is 5.71. The molecule has 0 radical (unpaired) electrons. The van der Waals surface area contributed by atoms with Crippen molar-refractivity contribution in [1.82, 2.24) is 9.88 Å². The third-order valence-electron chi connectivity index (χ3n) is 4.41. The Balaban J connectivity index is 1.52. The number of likely N-dealkylation sites (tertiary alicyclic amines) is 1. The van der Waals surface area contributed by atoms with Crippen LogP contribution in [0.15, 0.2) is 36.4 Å². The minimum atomic E-state index is -0.725. The van der Waals surface area contributed by atoms with Crippen LogP contribution in [0.4, 0.5) is 0 Å². The molecule has 3 rings (SSSR count). The number of hydrogen-bond acceptors (Lipinski definition) is 6. The fourth-order valence-electron chi connectivity index (χ4n) is 2.96. The smallest absolute Gasteiger partial charge is 0.309 e. The number of aromatic nitrogens is 1. The summed E-state index contributed by atoms with van der Waals surface area (Å²) in [5.41, 5.74) is 2.01. The first-order valence-corrected chi connectivity index (χ1v) is 9.18. The highest BCUT2D eigenvalue weighted by Gasteiger charge is 2.32. The lowest BCUT2D eigenvalue weighted by Crippen LogP contribution is -2.49. The number of pyridine rings is 1. The summed E-state index contributed by atoms with van der Waals surface area (Å²) in [6.45, 7) is 5.97. The van der Waals surface area contributed by atoms with Gasteiger partial charge in [0.15, 0.2) is 11.4 Å². The van der Waals surface area contributed by atoms with Gasteiger partial charge in [-0.3, -0.25) is 9.69 Å². The van der Waals surface area contributed by atoms with Crippen LogP contribution < -0.4 is 9.47 Å². The molecule has 7 nitrogen and oxygen atoms in total. The molecule has 0 amide bonds. The zero-order valence-corrected chi connectivity index (χ0v) is 16.0. The molecule has 28 heavy (non-hydrogen) atoms. The summed E-state index contributed by atoms with van der Waals surface area (Å²) in [5.74, 6) is 0.211. The van der Waals surface area contributed by atoms with E-state index in [9.17, 15) is 10.1 Å². The lowest BCUT2D eigenvalue weighted by atomic mass is 10.00. The van der Waals surface area contributed by atoms with Crippen LogP contribution in [0.1, 0.15) is 30.8 Å². The zero-order chi connectivity index (χ0) is 20.1. The molecule has 1 fully saturated rings. The molecule has 146 valence electrons. The maximum atomic E-state index is 10.8. The van der Waals surface area contributed by atoms with E-state index in [2.05, 4.69) is 16.0 Å². The third kappa shape index (κ3) is 4.99. The van der Waals surface area contributed by atoms with E-state index in [-0.39, 0.29) is 24.3 Å². The summed E-state index contributed by atoms with van der Waals surface area (Å²) in [6.07, 6.45) is -0.0270. The second-order valence-corrected chi connectivity index (χ2v) is 7.09. The predicted octanol–water partition coefficient (Wildman–Crippen LogP) is 2.84. The molecule has 0 atom stereocenters. The highest BCUT2D eigenvalue weighted by Crippen LogP contribution is 2.22. The summed E-state index contributed by atoms with van der Waals surface area (Å²) >= 11 is 0. The first-order chi connectivity index (χ1) is 13.4. The molecule has 2 aromatic rings. The summed E-state index contributed by atoms with van der Waals surface area (Å²) in [4.78, 5) is 17.2. The summed E-state index contributed by atoms with van der Waals surface area (Å²) in [7, 11) is 0. The van der Waals surface area contributed by atoms with E-state index in [1.807, 2.05) is 38.1 Å². The Kier molecular flexibility index (Phi) is 6.12. The van der Waals surface area contributed by atoms with Gasteiger partial charge >= 0.3 is 5.97 Å². The fraction of sp³-hybridized carbons (Fsp3) is 0.381. The number of carboxylic acid groups (broad SMARTS) is 1. The van der Waals surface area contributed by atoms with Crippen LogP contribution >= 0.6 is 0 Å². The summed E-state index contributed by atoms with van der Waals surface area (Å²) in [6, 6.07) is 13.3. The van der Waals surface area contributed by atoms with Crippen LogP contribution in [-0.2, 0) is 17.9 Å². The van der Waals surface area contributed by atoms with E-state index in [0.717, 1.165) is 12.1 Å². The fourth-order valence-corrected chi connectivity index (χ4v) is 2.96. The Bertz CT molecular complexity index is 868. The van der Waals surface area contributed by atoms with Gasteiger partial charge < -0.3 is 14.6 Å². The van der Waals surface area contributed by atoms with Gasteiger partial charge in [-0.2, -0.15) is 5.26 Å². The van der Waals surface area contributed by atoms with Gasteiger partial charge in [-0.1, -0.05) is 12.1 Å². The second-order valence-electron chi connectivity index (χ2n) is 7.09. The third-order valence-corrected chi connectivity index (χ3v) is 4.41. The van der Waals surface area contributed by atoms with Crippen molar-refractivity contribution in [1.29, 1.82) is 5.26 Å². The van der Waals surface area contributed by atoms with Crippen LogP contribution in [0, 0.1) is 17.2 Å². The molecule has 0 unspecified atom stereocenters. The number of carboxylic acids is 1. The average Bonchev–Trinajstić information content (AvgIpc) is 2.63. The van der Waals surface area contributed by atoms with Gasteiger partial charge in [-0.05, 0) is 43.7 Å². The lowest BCUT2D eigenvalue weighted by Gasteiger charge is -2.36. The van der Waals surface area contributed by atoms with Gasteiger partial charge in [-0.25, -0.2) is 4.98 Å². The molecule has 1 aliphatic heterocycles. The molecule has 0 aliphatic carbocycles. The number of aliphatic carboxylic acids is 1. The number of nitriles is 1. The molecular weight excluding hydrogens is 358 g/mol. The van der Waals surface area contributed by atoms with Crippen molar-refractivity contribution >= 4 is 5.97 Å². The zero-order valence-electron chi connectivity index (χ0n) is 16.0. The van der Waals surface area contributed by atoms with E-state index < -0.39 is 5.97 Å².